The fourth-order valence-corrected chi connectivity index (χ4v) is 3.23. The van der Waals surface area contributed by atoms with Crippen LogP contribution in [0.5, 0.6) is 0 Å². The van der Waals surface area contributed by atoms with E-state index in [1.165, 1.54) is 5.56 Å². The Morgan fingerprint density at radius 3 is 2.65 bits per heavy atom. The maximum Gasteiger partial charge on any atom is 0.407 e. The molecule has 0 spiro atoms. The smallest absolute Gasteiger partial charge is 0.407 e. The maximum absolute atomic E-state index is 11.8. The molecule has 1 saturated carbocycles. The number of amides is 1. The van der Waals surface area contributed by atoms with Crippen molar-refractivity contribution < 1.29 is 9.53 Å². The summed E-state index contributed by atoms with van der Waals surface area (Å²) in [5.74, 6) is 1.26. The molecule has 0 aliphatic heterocycles. The highest BCUT2D eigenvalue weighted by molar-refractivity contribution is 14.0. The van der Waals surface area contributed by atoms with Gasteiger partial charge >= 0.3 is 6.09 Å². The van der Waals surface area contributed by atoms with Crippen molar-refractivity contribution in [2.75, 3.05) is 26.2 Å². The van der Waals surface area contributed by atoms with E-state index in [1.807, 2.05) is 30.8 Å². The molecule has 1 aromatic carbocycles. The van der Waals surface area contributed by atoms with Crippen LogP contribution in [0.3, 0.4) is 0 Å². The molecule has 8 nitrogen and oxygen atoms in total. The van der Waals surface area contributed by atoms with Crippen molar-refractivity contribution >= 4 is 36.0 Å². The molecule has 1 atom stereocenters. The van der Waals surface area contributed by atoms with E-state index < -0.39 is 0 Å². The summed E-state index contributed by atoms with van der Waals surface area (Å²) in [7, 11) is 0. The Kier molecular flexibility index (Phi) is 10.6. The quantitative estimate of drug-likeness (QED) is 0.245. The largest absolute Gasteiger partial charge is 0.450 e. The van der Waals surface area contributed by atoms with Gasteiger partial charge in [0.25, 0.3) is 0 Å². The number of hydrogen-bond acceptors (Lipinski definition) is 4. The molecule has 9 heteroatoms. The molecule has 1 aromatic heterocycles. The van der Waals surface area contributed by atoms with Crippen molar-refractivity contribution in [3.8, 4) is 5.69 Å². The first-order chi connectivity index (χ1) is 14.7. The van der Waals surface area contributed by atoms with Gasteiger partial charge in [0, 0.05) is 25.5 Å². The van der Waals surface area contributed by atoms with Gasteiger partial charge in [0.1, 0.15) is 0 Å². The fourth-order valence-electron chi connectivity index (χ4n) is 3.23. The normalized spacial score (nSPS) is 14.3. The Morgan fingerprint density at radius 2 is 2.03 bits per heavy atom. The lowest BCUT2D eigenvalue weighted by Crippen LogP contribution is -2.42. The van der Waals surface area contributed by atoms with Crippen molar-refractivity contribution in [1.29, 1.82) is 0 Å². The minimum absolute atomic E-state index is 0. The molecule has 31 heavy (non-hydrogen) atoms. The summed E-state index contributed by atoms with van der Waals surface area (Å²) in [6.45, 7) is 6.32. The van der Waals surface area contributed by atoms with E-state index >= 15 is 0 Å². The molecule has 3 N–H and O–H groups in total. The molecule has 1 aliphatic carbocycles. The topological polar surface area (TPSA) is 92.6 Å². The minimum Gasteiger partial charge on any atom is -0.450 e. The van der Waals surface area contributed by atoms with Crippen molar-refractivity contribution in [3.63, 3.8) is 0 Å². The Balaban J connectivity index is 0.00000341. The second-order valence-electron chi connectivity index (χ2n) is 7.32. The number of carbonyl (C=O) groups excluding carboxylic acids is 1. The van der Waals surface area contributed by atoms with E-state index in [-0.39, 0.29) is 36.1 Å². The average Bonchev–Trinajstić information content (AvgIpc) is 3.45. The number of aliphatic imine (C=N–C) groups is 1. The van der Waals surface area contributed by atoms with Crippen LogP contribution in [0.2, 0.25) is 0 Å². The number of hydrogen-bond donors (Lipinski definition) is 3. The molecule has 1 unspecified atom stereocenters. The number of rotatable bonds is 10. The molecule has 170 valence electrons. The zero-order valence-corrected chi connectivity index (χ0v) is 20.5. The standard InChI is InChI=1S/C22H32N6O2.HI/c1-3-23-21(25-16-20(18-8-9-18)27-22(29)30-4-2)24-14-12-17-6-10-19(11-7-17)28-15-5-13-26-28;/h5-7,10-11,13,15,18,20H,3-4,8-9,12,14,16H2,1-2H3,(H,27,29)(H2,23,24,25);1H. The number of guanidine groups is 1. The number of carbonyl (C=O) groups is 1. The third kappa shape index (κ3) is 8.39. The second kappa shape index (κ2) is 13.2. The molecule has 0 radical (unpaired) electrons. The Labute approximate surface area is 201 Å². The van der Waals surface area contributed by atoms with Gasteiger partial charge in [-0.25, -0.2) is 9.48 Å². The molecule has 1 aliphatic rings. The first-order valence-electron chi connectivity index (χ1n) is 10.7. The highest BCUT2D eigenvalue weighted by Crippen LogP contribution is 2.32. The number of benzene rings is 1. The minimum atomic E-state index is -0.360. The van der Waals surface area contributed by atoms with Crippen LogP contribution in [0.4, 0.5) is 4.79 Å². The van der Waals surface area contributed by atoms with Crippen molar-refractivity contribution in [2.45, 2.75) is 39.2 Å². The molecule has 1 heterocycles. The van der Waals surface area contributed by atoms with E-state index in [2.05, 4.69) is 50.3 Å². The SMILES string of the molecule is CCNC(=NCC(NC(=O)OCC)C1CC1)NCCc1ccc(-n2cccn2)cc1.I. The predicted molar refractivity (Wildman–Crippen MR) is 133 cm³/mol. The molecule has 1 amide bonds. The van der Waals surface area contributed by atoms with Crippen LogP contribution < -0.4 is 16.0 Å². The van der Waals surface area contributed by atoms with E-state index in [0.717, 1.165) is 44.0 Å². The van der Waals surface area contributed by atoms with Crippen LogP contribution in [0, 0.1) is 5.92 Å². The molecule has 2 aromatic rings. The third-order valence-electron chi connectivity index (χ3n) is 4.97. The van der Waals surface area contributed by atoms with Gasteiger partial charge in [-0.2, -0.15) is 5.10 Å². The monoisotopic (exact) mass is 540 g/mol. The van der Waals surface area contributed by atoms with Crippen LogP contribution >= 0.6 is 24.0 Å². The lowest BCUT2D eigenvalue weighted by Gasteiger charge is -2.17. The number of alkyl carbamates (subject to hydrolysis) is 1. The third-order valence-corrected chi connectivity index (χ3v) is 4.97. The Hall–Kier alpha value is -2.30. The molecular weight excluding hydrogens is 507 g/mol. The number of halogens is 1. The number of nitrogens with one attached hydrogen (secondary N) is 3. The van der Waals surface area contributed by atoms with Gasteiger partial charge in [0.15, 0.2) is 5.96 Å². The Morgan fingerprint density at radius 1 is 1.26 bits per heavy atom. The lowest BCUT2D eigenvalue weighted by molar-refractivity contribution is 0.147. The fraction of sp³-hybridized carbons (Fsp3) is 0.500. The predicted octanol–water partition coefficient (Wildman–Crippen LogP) is 3.11. The van der Waals surface area contributed by atoms with Crippen LogP contribution in [0.15, 0.2) is 47.7 Å². The molecule has 1 fully saturated rings. The van der Waals surface area contributed by atoms with Gasteiger partial charge in [-0.3, -0.25) is 4.99 Å². The second-order valence-corrected chi connectivity index (χ2v) is 7.32. The first kappa shape index (κ1) is 25.0. The Bertz CT molecular complexity index is 806. The highest BCUT2D eigenvalue weighted by Gasteiger charge is 2.32. The lowest BCUT2D eigenvalue weighted by atomic mass is 10.1. The van der Waals surface area contributed by atoms with E-state index in [4.69, 9.17) is 4.74 Å². The zero-order valence-electron chi connectivity index (χ0n) is 18.2. The van der Waals surface area contributed by atoms with Crippen molar-refractivity contribution in [3.05, 3.63) is 48.3 Å². The zero-order chi connectivity index (χ0) is 21.2. The summed E-state index contributed by atoms with van der Waals surface area (Å²) in [5.41, 5.74) is 2.29. The van der Waals surface area contributed by atoms with Gasteiger partial charge in [0.05, 0.1) is 24.9 Å². The summed E-state index contributed by atoms with van der Waals surface area (Å²) < 4.78 is 6.86. The average molecular weight is 540 g/mol. The number of ether oxygens (including phenoxy) is 1. The van der Waals surface area contributed by atoms with Gasteiger partial charge in [-0.1, -0.05) is 12.1 Å². The summed E-state index contributed by atoms with van der Waals surface area (Å²) in [5, 5.41) is 13.8. The first-order valence-corrected chi connectivity index (χ1v) is 10.7. The summed E-state index contributed by atoms with van der Waals surface area (Å²) in [6, 6.07) is 10.3. The maximum atomic E-state index is 11.8. The molecule has 3 rings (SSSR count). The van der Waals surface area contributed by atoms with E-state index in [9.17, 15) is 4.79 Å². The van der Waals surface area contributed by atoms with Crippen LogP contribution in [-0.4, -0.2) is 54.1 Å². The highest BCUT2D eigenvalue weighted by atomic mass is 127. The van der Waals surface area contributed by atoms with Gasteiger partial charge in [-0.05, 0) is 62.8 Å². The van der Waals surface area contributed by atoms with Gasteiger partial charge in [0.2, 0.25) is 0 Å². The van der Waals surface area contributed by atoms with Gasteiger partial charge in [-0.15, -0.1) is 24.0 Å². The molecular formula is C22H33IN6O2. The van der Waals surface area contributed by atoms with E-state index in [0.29, 0.717) is 19.1 Å². The number of aromatic nitrogens is 2. The molecule has 0 bridgehead atoms. The van der Waals surface area contributed by atoms with Crippen LogP contribution in [0.1, 0.15) is 32.3 Å². The van der Waals surface area contributed by atoms with Crippen molar-refractivity contribution in [1.82, 2.24) is 25.7 Å². The summed E-state index contributed by atoms with van der Waals surface area (Å²) in [4.78, 5) is 16.4. The van der Waals surface area contributed by atoms with Crippen molar-refractivity contribution in [2.24, 2.45) is 10.9 Å². The summed E-state index contributed by atoms with van der Waals surface area (Å²) >= 11 is 0. The summed E-state index contributed by atoms with van der Waals surface area (Å²) in [6.07, 6.45) is 6.49. The van der Waals surface area contributed by atoms with Crippen LogP contribution in [0.25, 0.3) is 5.69 Å². The van der Waals surface area contributed by atoms with Gasteiger partial charge < -0.3 is 20.7 Å². The molecule has 0 saturated heterocycles. The number of nitrogens with zero attached hydrogens (tertiary/aromatic N) is 3. The van der Waals surface area contributed by atoms with E-state index in [1.54, 1.807) is 6.20 Å². The van der Waals surface area contributed by atoms with Crippen LogP contribution in [-0.2, 0) is 11.2 Å².